The summed E-state index contributed by atoms with van der Waals surface area (Å²) in [5, 5.41) is 1.57. The number of benzene rings is 2. The number of fused-ring (bicyclic) bond motifs is 1. The van der Waals surface area contributed by atoms with E-state index in [0.717, 1.165) is 16.6 Å². The van der Waals surface area contributed by atoms with E-state index in [1.807, 2.05) is 49.4 Å². The molecular formula is C20H18Cl2N2O2. The number of aromatic nitrogens is 1. The van der Waals surface area contributed by atoms with Gasteiger partial charge in [0.15, 0.2) is 12.4 Å². The van der Waals surface area contributed by atoms with Gasteiger partial charge in [-0.05, 0) is 30.7 Å². The van der Waals surface area contributed by atoms with E-state index in [-0.39, 0.29) is 12.5 Å². The highest BCUT2D eigenvalue weighted by Crippen LogP contribution is 2.37. The fourth-order valence-corrected chi connectivity index (χ4v) is 3.19. The highest BCUT2D eigenvalue weighted by Gasteiger charge is 2.16. The van der Waals surface area contributed by atoms with E-state index in [9.17, 15) is 4.79 Å². The molecule has 0 aliphatic rings. The van der Waals surface area contributed by atoms with Crippen molar-refractivity contribution in [1.29, 1.82) is 0 Å². The van der Waals surface area contributed by atoms with E-state index in [2.05, 4.69) is 4.98 Å². The zero-order chi connectivity index (χ0) is 18.7. The van der Waals surface area contributed by atoms with Crippen LogP contribution < -0.4 is 4.74 Å². The summed E-state index contributed by atoms with van der Waals surface area (Å²) in [5.74, 6) is 0.219. The Bertz CT molecular complexity index is 945. The van der Waals surface area contributed by atoms with Crippen LogP contribution in [0.3, 0.4) is 0 Å². The first-order chi connectivity index (χ1) is 12.5. The topological polar surface area (TPSA) is 42.4 Å². The Morgan fingerprint density at radius 2 is 1.85 bits per heavy atom. The van der Waals surface area contributed by atoms with Crippen molar-refractivity contribution in [2.75, 3.05) is 13.7 Å². The maximum Gasteiger partial charge on any atom is 0.260 e. The molecule has 3 aromatic rings. The van der Waals surface area contributed by atoms with Crippen molar-refractivity contribution in [1.82, 2.24) is 9.88 Å². The first-order valence-corrected chi connectivity index (χ1v) is 8.87. The van der Waals surface area contributed by atoms with E-state index in [1.54, 1.807) is 18.0 Å². The monoisotopic (exact) mass is 388 g/mol. The summed E-state index contributed by atoms with van der Waals surface area (Å²) >= 11 is 12.5. The van der Waals surface area contributed by atoms with Gasteiger partial charge in [-0.3, -0.25) is 4.79 Å². The molecule has 0 fully saturated rings. The van der Waals surface area contributed by atoms with E-state index in [0.29, 0.717) is 27.9 Å². The second-order valence-electron chi connectivity index (χ2n) is 6.04. The number of amides is 1. The van der Waals surface area contributed by atoms with E-state index in [1.165, 1.54) is 0 Å². The Hall–Kier alpha value is -2.30. The largest absolute Gasteiger partial charge is 0.480 e. The molecule has 0 saturated heterocycles. The van der Waals surface area contributed by atoms with Gasteiger partial charge >= 0.3 is 0 Å². The summed E-state index contributed by atoms with van der Waals surface area (Å²) < 4.78 is 5.74. The van der Waals surface area contributed by atoms with Crippen LogP contribution in [0.1, 0.15) is 11.3 Å². The third-order valence-electron chi connectivity index (χ3n) is 4.01. The third kappa shape index (κ3) is 4.09. The lowest BCUT2D eigenvalue weighted by Crippen LogP contribution is -2.31. The maximum atomic E-state index is 12.4. The van der Waals surface area contributed by atoms with Gasteiger partial charge in [-0.2, -0.15) is 0 Å². The minimum atomic E-state index is -0.152. The van der Waals surface area contributed by atoms with Gasteiger partial charge in [0.05, 0.1) is 10.0 Å². The number of likely N-dealkylation sites (N-methyl/N-ethyl adjacent to an activating group) is 1. The summed E-state index contributed by atoms with van der Waals surface area (Å²) in [7, 11) is 1.74. The molecule has 0 aliphatic carbocycles. The number of pyridine rings is 1. The lowest BCUT2D eigenvalue weighted by atomic mass is 10.2. The quantitative estimate of drug-likeness (QED) is 0.624. The molecule has 1 heterocycles. The molecule has 6 heteroatoms. The average molecular weight is 389 g/mol. The van der Waals surface area contributed by atoms with Crippen LogP contribution in [-0.4, -0.2) is 29.4 Å². The van der Waals surface area contributed by atoms with Gasteiger partial charge < -0.3 is 9.64 Å². The van der Waals surface area contributed by atoms with Gasteiger partial charge in [-0.15, -0.1) is 0 Å². The van der Waals surface area contributed by atoms with E-state index >= 15 is 0 Å². The zero-order valence-corrected chi connectivity index (χ0v) is 16.0. The number of carbonyl (C=O) groups is 1. The van der Waals surface area contributed by atoms with Crippen molar-refractivity contribution in [3.05, 3.63) is 69.8 Å². The molecule has 0 radical (unpaired) electrons. The van der Waals surface area contributed by atoms with Gasteiger partial charge in [0.1, 0.15) is 5.52 Å². The van der Waals surface area contributed by atoms with Crippen molar-refractivity contribution in [3.8, 4) is 5.75 Å². The molecule has 0 aliphatic heterocycles. The molecule has 1 aromatic heterocycles. The Morgan fingerprint density at radius 3 is 2.58 bits per heavy atom. The smallest absolute Gasteiger partial charge is 0.260 e. The number of halogens is 2. The number of hydrogen-bond donors (Lipinski definition) is 0. The molecule has 4 nitrogen and oxygen atoms in total. The molecule has 0 atom stereocenters. The minimum Gasteiger partial charge on any atom is -0.480 e. The predicted molar refractivity (Wildman–Crippen MR) is 105 cm³/mol. The van der Waals surface area contributed by atoms with Crippen molar-refractivity contribution < 1.29 is 9.53 Å². The Balaban J connectivity index is 1.77. The van der Waals surface area contributed by atoms with Gasteiger partial charge in [0, 0.05) is 24.7 Å². The second-order valence-corrected chi connectivity index (χ2v) is 6.86. The molecule has 2 aromatic carbocycles. The lowest BCUT2D eigenvalue weighted by molar-refractivity contribution is -0.132. The van der Waals surface area contributed by atoms with Gasteiger partial charge in [0.25, 0.3) is 5.91 Å². The molecule has 1 amide bonds. The van der Waals surface area contributed by atoms with Crippen LogP contribution in [0.5, 0.6) is 5.75 Å². The van der Waals surface area contributed by atoms with Crippen LogP contribution >= 0.6 is 23.2 Å². The average Bonchev–Trinajstić information content (AvgIpc) is 2.61. The van der Waals surface area contributed by atoms with Crippen LogP contribution in [0, 0.1) is 6.92 Å². The molecule has 0 N–H and O–H groups in total. The lowest BCUT2D eigenvalue weighted by Gasteiger charge is -2.18. The SMILES string of the molecule is Cc1ccc2c(Cl)cc(Cl)c(OCC(=O)N(C)Cc3ccccc3)c2n1. The number of ether oxygens (including phenoxy) is 1. The fraction of sp³-hybridized carbons (Fsp3) is 0.200. The number of hydrogen-bond acceptors (Lipinski definition) is 3. The number of nitrogens with zero attached hydrogens (tertiary/aromatic N) is 2. The van der Waals surface area contributed by atoms with E-state index in [4.69, 9.17) is 27.9 Å². The molecule has 0 bridgehead atoms. The predicted octanol–water partition coefficient (Wildman–Crippen LogP) is 4.89. The van der Waals surface area contributed by atoms with Crippen molar-refractivity contribution in [2.24, 2.45) is 0 Å². The van der Waals surface area contributed by atoms with Crippen LogP contribution in [0.25, 0.3) is 10.9 Å². The van der Waals surface area contributed by atoms with Gasteiger partial charge in [-0.1, -0.05) is 53.5 Å². The highest BCUT2D eigenvalue weighted by molar-refractivity contribution is 6.39. The van der Waals surface area contributed by atoms with Crippen LogP contribution in [0.4, 0.5) is 0 Å². The fourth-order valence-electron chi connectivity index (χ4n) is 2.62. The van der Waals surface area contributed by atoms with Crippen LogP contribution in [-0.2, 0) is 11.3 Å². The summed E-state index contributed by atoms with van der Waals surface area (Å²) in [6.07, 6.45) is 0. The molecule has 0 unspecified atom stereocenters. The van der Waals surface area contributed by atoms with E-state index < -0.39 is 0 Å². The summed E-state index contributed by atoms with van der Waals surface area (Å²) in [6.45, 7) is 2.25. The third-order valence-corrected chi connectivity index (χ3v) is 4.60. The van der Waals surface area contributed by atoms with Gasteiger partial charge in [0.2, 0.25) is 0 Å². The summed E-state index contributed by atoms with van der Waals surface area (Å²) in [4.78, 5) is 18.5. The van der Waals surface area contributed by atoms with Crippen LogP contribution in [0.2, 0.25) is 10.0 Å². The number of aryl methyl sites for hydroxylation is 1. The second kappa shape index (κ2) is 7.94. The molecule has 0 spiro atoms. The molecular weight excluding hydrogens is 371 g/mol. The molecule has 134 valence electrons. The maximum absolute atomic E-state index is 12.4. The summed E-state index contributed by atoms with van der Waals surface area (Å²) in [6, 6.07) is 15.1. The highest BCUT2D eigenvalue weighted by atomic mass is 35.5. The summed E-state index contributed by atoms with van der Waals surface area (Å²) in [5.41, 5.74) is 2.42. The molecule has 0 saturated carbocycles. The van der Waals surface area contributed by atoms with Gasteiger partial charge in [-0.25, -0.2) is 4.98 Å². The minimum absolute atomic E-state index is 0.130. The molecule has 26 heavy (non-hydrogen) atoms. The normalized spacial score (nSPS) is 10.8. The number of carbonyl (C=O) groups excluding carboxylic acids is 1. The molecule has 3 rings (SSSR count). The Labute approximate surface area is 162 Å². The number of rotatable bonds is 5. The Morgan fingerprint density at radius 1 is 1.12 bits per heavy atom. The first-order valence-electron chi connectivity index (χ1n) is 8.11. The standard InChI is InChI=1S/C20H18Cl2N2O2/c1-13-8-9-15-16(21)10-17(22)20(19(15)23-13)26-12-18(25)24(2)11-14-6-4-3-5-7-14/h3-10H,11-12H2,1-2H3. The Kier molecular flexibility index (Phi) is 5.64. The van der Waals surface area contributed by atoms with Crippen LogP contribution in [0.15, 0.2) is 48.5 Å². The van der Waals surface area contributed by atoms with Crippen molar-refractivity contribution >= 4 is 40.0 Å². The first kappa shape index (κ1) is 18.5. The zero-order valence-electron chi connectivity index (χ0n) is 14.5. The van der Waals surface area contributed by atoms with Crippen molar-refractivity contribution in [2.45, 2.75) is 13.5 Å². The van der Waals surface area contributed by atoms with Crippen molar-refractivity contribution in [3.63, 3.8) is 0 Å².